The van der Waals surface area contributed by atoms with Gasteiger partial charge in [-0.2, -0.15) is 9.61 Å². The fourth-order valence-corrected chi connectivity index (χ4v) is 4.57. The third-order valence-electron chi connectivity index (χ3n) is 5.16. The zero-order chi connectivity index (χ0) is 24.8. The van der Waals surface area contributed by atoms with Gasteiger partial charge < -0.3 is 10.1 Å². The maximum absolute atomic E-state index is 12.5. The Labute approximate surface area is 206 Å². The van der Waals surface area contributed by atoms with Crippen LogP contribution in [0.25, 0.3) is 4.96 Å². The molecule has 4 rings (SSSR count). The maximum atomic E-state index is 12.5. The molecule has 0 radical (unpaired) electrons. The number of carbonyl (C=O) groups excluding carboxylic acids is 2. The fourth-order valence-electron chi connectivity index (χ4n) is 3.44. The minimum atomic E-state index is -0.543. The van der Waals surface area contributed by atoms with Crippen molar-refractivity contribution in [1.82, 2.24) is 14.6 Å². The number of hydrogen-bond donors (Lipinski definition) is 1. The number of hydrogen-bond acceptors (Lipinski definition) is 7. The summed E-state index contributed by atoms with van der Waals surface area (Å²) in [6.07, 6.45) is 1.78. The Bertz CT molecular complexity index is 1380. The molecule has 35 heavy (non-hydrogen) atoms. The molecule has 0 fully saturated rings. The van der Waals surface area contributed by atoms with E-state index in [0.29, 0.717) is 40.7 Å². The summed E-state index contributed by atoms with van der Waals surface area (Å²) in [6, 6.07) is 17.6. The van der Waals surface area contributed by atoms with E-state index in [1.165, 1.54) is 21.9 Å². The van der Waals surface area contributed by atoms with Crippen molar-refractivity contribution in [2.24, 2.45) is 5.92 Å². The van der Waals surface area contributed by atoms with E-state index in [9.17, 15) is 14.4 Å². The summed E-state index contributed by atoms with van der Waals surface area (Å²) in [5.74, 6) is -0.226. The van der Waals surface area contributed by atoms with E-state index in [2.05, 4.69) is 29.2 Å². The second kappa shape index (κ2) is 11.1. The molecule has 0 aliphatic heterocycles. The largest absolute Gasteiger partial charge is 0.456 e. The molecule has 0 atom stereocenters. The van der Waals surface area contributed by atoms with Crippen LogP contribution >= 0.6 is 11.3 Å². The standard InChI is InChI=1S/C26H26N4O4S/c1-17(2)14-23-29-30-24(32)15-21(28-26(30)35-23)16-34-25(33)19-9-11-20(12-10-19)27-22(31)13-8-18-6-4-3-5-7-18/h3-7,9-12,15,17H,8,13-14,16H2,1-2H3,(H,27,31). The highest BCUT2D eigenvalue weighted by Gasteiger charge is 2.13. The lowest BCUT2D eigenvalue weighted by Crippen LogP contribution is -2.17. The van der Waals surface area contributed by atoms with Gasteiger partial charge in [0.1, 0.15) is 11.6 Å². The number of nitrogens with zero attached hydrogens (tertiary/aromatic N) is 3. The predicted octanol–water partition coefficient (Wildman–Crippen LogP) is 4.28. The van der Waals surface area contributed by atoms with Crippen LogP contribution in [0.4, 0.5) is 5.69 Å². The molecule has 2 aromatic carbocycles. The average Bonchev–Trinajstić information content (AvgIpc) is 3.24. The van der Waals surface area contributed by atoms with Crippen LogP contribution in [0.15, 0.2) is 65.5 Å². The first-order valence-electron chi connectivity index (χ1n) is 11.4. The van der Waals surface area contributed by atoms with Crippen molar-refractivity contribution in [1.29, 1.82) is 0 Å². The highest BCUT2D eigenvalue weighted by Crippen LogP contribution is 2.16. The summed E-state index contributed by atoms with van der Waals surface area (Å²) in [5, 5.41) is 7.98. The van der Waals surface area contributed by atoms with Crippen LogP contribution in [-0.2, 0) is 29.0 Å². The van der Waals surface area contributed by atoms with Crippen LogP contribution in [0.2, 0.25) is 0 Å². The van der Waals surface area contributed by atoms with Crippen molar-refractivity contribution in [2.45, 2.75) is 39.7 Å². The van der Waals surface area contributed by atoms with E-state index >= 15 is 0 Å². The number of fused-ring (bicyclic) bond motifs is 1. The third-order valence-corrected chi connectivity index (χ3v) is 6.09. The molecule has 0 saturated heterocycles. The third kappa shape index (κ3) is 6.60. The fraction of sp³-hybridized carbons (Fsp3) is 0.269. The molecule has 0 unspecified atom stereocenters. The lowest BCUT2D eigenvalue weighted by atomic mass is 10.1. The van der Waals surface area contributed by atoms with Crippen LogP contribution in [0.1, 0.15) is 46.9 Å². The normalized spacial score (nSPS) is 11.1. The molecular formula is C26H26N4O4S. The highest BCUT2D eigenvalue weighted by atomic mass is 32.1. The van der Waals surface area contributed by atoms with E-state index in [1.807, 2.05) is 30.3 Å². The lowest BCUT2D eigenvalue weighted by molar-refractivity contribution is -0.116. The molecule has 0 spiro atoms. The number of ether oxygens (including phenoxy) is 1. The number of nitrogens with one attached hydrogen (secondary N) is 1. The first kappa shape index (κ1) is 24.3. The van der Waals surface area contributed by atoms with Gasteiger partial charge in [0.05, 0.1) is 11.3 Å². The number of amides is 1. The van der Waals surface area contributed by atoms with Crippen LogP contribution in [0.5, 0.6) is 0 Å². The quantitative estimate of drug-likeness (QED) is 0.351. The van der Waals surface area contributed by atoms with E-state index in [-0.39, 0.29) is 18.1 Å². The molecule has 1 N–H and O–H groups in total. The Balaban J connectivity index is 1.31. The van der Waals surface area contributed by atoms with Crippen LogP contribution in [0.3, 0.4) is 0 Å². The maximum Gasteiger partial charge on any atom is 0.338 e. The Morgan fingerprint density at radius 3 is 2.54 bits per heavy atom. The lowest BCUT2D eigenvalue weighted by Gasteiger charge is -2.07. The molecule has 8 nitrogen and oxygen atoms in total. The Morgan fingerprint density at radius 2 is 1.83 bits per heavy atom. The van der Waals surface area contributed by atoms with Crippen molar-refractivity contribution in [3.63, 3.8) is 0 Å². The van der Waals surface area contributed by atoms with Gasteiger partial charge in [-0.3, -0.25) is 9.59 Å². The predicted molar refractivity (Wildman–Crippen MR) is 135 cm³/mol. The molecule has 0 saturated carbocycles. The first-order valence-corrected chi connectivity index (χ1v) is 12.2. The number of esters is 1. The molecule has 4 aromatic rings. The summed E-state index contributed by atoms with van der Waals surface area (Å²) >= 11 is 1.36. The topological polar surface area (TPSA) is 103 Å². The smallest absolute Gasteiger partial charge is 0.338 e. The number of anilines is 1. The SMILES string of the molecule is CC(C)Cc1nn2c(=O)cc(COC(=O)c3ccc(NC(=O)CCc4ccccc4)cc3)nc2s1. The van der Waals surface area contributed by atoms with Crippen LogP contribution in [-0.4, -0.2) is 26.5 Å². The van der Waals surface area contributed by atoms with E-state index in [0.717, 1.165) is 17.0 Å². The van der Waals surface area contributed by atoms with Gasteiger partial charge in [-0.1, -0.05) is 55.5 Å². The summed E-state index contributed by atoms with van der Waals surface area (Å²) in [6.45, 7) is 4.04. The van der Waals surface area contributed by atoms with Crippen molar-refractivity contribution in [3.8, 4) is 0 Å². The number of benzene rings is 2. The van der Waals surface area contributed by atoms with Crippen molar-refractivity contribution >= 4 is 33.9 Å². The number of aryl methyl sites for hydroxylation is 1. The molecule has 1 amide bonds. The number of rotatable bonds is 9. The summed E-state index contributed by atoms with van der Waals surface area (Å²) in [7, 11) is 0. The monoisotopic (exact) mass is 490 g/mol. The van der Waals surface area contributed by atoms with Gasteiger partial charge in [-0.25, -0.2) is 9.78 Å². The Hall–Kier alpha value is -3.85. The van der Waals surface area contributed by atoms with Gasteiger partial charge >= 0.3 is 5.97 Å². The zero-order valence-corrected chi connectivity index (χ0v) is 20.4. The molecule has 2 heterocycles. The zero-order valence-electron chi connectivity index (χ0n) is 19.6. The van der Waals surface area contributed by atoms with Gasteiger partial charge in [0, 0.05) is 24.6 Å². The summed E-state index contributed by atoms with van der Waals surface area (Å²) < 4.78 is 6.62. The van der Waals surface area contributed by atoms with Gasteiger partial charge in [0.15, 0.2) is 0 Å². The molecular weight excluding hydrogens is 464 g/mol. The molecule has 0 bridgehead atoms. The average molecular weight is 491 g/mol. The minimum Gasteiger partial charge on any atom is -0.456 e. The molecule has 9 heteroatoms. The highest BCUT2D eigenvalue weighted by molar-refractivity contribution is 7.16. The van der Waals surface area contributed by atoms with Crippen LogP contribution in [0, 0.1) is 5.92 Å². The molecule has 0 aliphatic rings. The number of carbonyl (C=O) groups is 2. The van der Waals surface area contributed by atoms with Gasteiger partial charge in [0.25, 0.3) is 5.56 Å². The molecule has 180 valence electrons. The molecule has 0 aliphatic carbocycles. The van der Waals surface area contributed by atoms with E-state index in [4.69, 9.17) is 4.74 Å². The van der Waals surface area contributed by atoms with Gasteiger partial charge in [0.2, 0.25) is 10.9 Å². The second-order valence-electron chi connectivity index (χ2n) is 8.56. The Morgan fingerprint density at radius 1 is 1.09 bits per heavy atom. The Kier molecular flexibility index (Phi) is 7.67. The van der Waals surface area contributed by atoms with Gasteiger partial charge in [-0.15, -0.1) is 0 Å². The van der Waals surface area contributed by atoms with Crippen molar-refractivity contribution in [2.75, 3.05) is 5.32 Å². The van der Waals surface area contributed by atoms with Crippen LogP contribution < -0.4 is 10.9 Å². The number of aromatic nitrogens is 3. The van der Waals surface area contributed by atoms with E-state index < -0.39 is 5.97 Å². The summed E-state index contributed by atoms with van der Waals surface area (Å²) in [4.78, 5) is 41.9. The second-order valence-corrected chi connectivity index (χ2v) is 9.60. The minimum absolute atomic E-state index is 0.100. The van der Waals surface area contributed by atoms with E-state index in [1.54, 1.807) is 24.3 Å². The first-order chi connectivity index (χ1) is 16.9. The summed E-state index contributed by atoms with van der Waals surface area (Å²) in [5.41, 5.74) is 2.10. The van der Waals surface area contributed by atoms with Gasteiger partial charge in [-0.05, 0) is 42.2 Å². The molecule has 2 aromatic heterocycles. The van der Waals surface area contributed by atoms with Crippen molar-refractivity contribution in [3.05, 3.63) is 92.8 Å². The van der Waals surface area contributed by atoms with Crippen molar-refractivity contribution < 1.29 is 14.3 Å².